The number of ether oxygens (including phenoxy) is 1. The Hall–Kier alpha value is -0.950. The Morgan fingerprint density at radius 1 is 1.38 bits per heavy atom. The van der Waals surface area contributed by atoms with E-state index in [9.17, 15) is 8.42 Å². The van der Waals surface area contributed by atoms with Crippen molar-refractivity contribution < 1.29 is 22.8 Å². The summed E-state index contributed by atoms with van der Waals surface area (Å²) in [7, 11) is -4.02. The highest BCUT2D eigenvalue weighted by molar-refractivity contribution is 7.85. The van der Waals surface area contributed by atoms with Crippen molar-refractivity contribution in [2.75, 3.05) is 13.2 Å². The predicted molar refractivity (Wildman–Crippen MR) is 57.8 cm³/mol. The zero-order chi connectivity index (χ0) is 12.2. The topological polar surface area (TPSA) is 87.1 Å². The van der Waals surface area contributed by atoms with Gasteiger partial charge in [-0.15, -0.1) is 0 Å². The molecule has 2 rings (SSSR count). The molecular weight excluding hydrogens is 232 g/mol. The van der Waals surface area contributed by atoms with Gasteiger partial charge in [0.05, 0.1) is 18.1 Å². The largest absolute Gasteiger partial charge is 0.394 e. The van der Waals surface area contributed by atoms with Gasteiger partial charge < -0.3 is 9.84 Å². The molecule has 1 saturated heterocycles. The molecule has 2 N–H and O–H groups in total. The van der Waals surface area contributed by atoms with Crippen molar-refractivity contribution in [3.63, 3.8) is 0 Å². The summed E-state index contributed by atoms with van der Waals surface area (Å²) in [6.07, 6.45) is 0.190. The summed E-state index contributed by atoms with van der Waals surface area (Å²) in [6.45, 7) is 2.80. The highest BCUT2D eigenvalue weighted by Gasteiger charge is 2.19. The number of hydrogen-bond donors (Lipinski definition) is 2. The number of hydrogen-bond acceptors (Lipinski definition) is 4. The molecule has 0 unspecified atom stereocenters. The van der Waals surface area contributed by atoms with E-state index in [0.29, 0.717) is 0 Å². The van der Waals surface area contributed by atoms with Crippen LogP contribution in [0, 0.1) is 6.92 Å². The highest BCUT2D eigenvalue weighted by Crippen LogP contribution is 2.08. The Balaban J connectivity index is 0.000000212. The van der Waals surface area contributed by atoms with E-state index in [2.05, 4.69) is 4.74 Å². The normalized spacial score (nSPS) is 18.6. The van der Waals surface area contributed by atoms with E-state index in [-0.39, 0.29) is 17.6 Å². The van der Waals surface area contributed by atoms with Gasteiger partial charge in [0.25, 0.3) is 10.1 Å². The third-order valence-corrected chi connectivity index (χ3v) is 2.79. The van der Waals surface area contributed by atoms with Gasteiger partial charge in [-0.1, -0.05) is 17.7 Å². The van der Waals surface area contributed by atoms with Crippen molar-refractivity contribution in [3.8, 4) is 0 Å². The van der Waals surface area contributed by atoms with E-state index < -0.39 is 10.1 Å². The van der Waals surface area contributed by atoms with Crippen LogP contribution in [-0.4, -0.2) is 37.4 Å². The molecule has 1 aromatic carbocycles. The van der Waals surface area contributed by atoms with Crippen molar-refractivity contribution in [1.29, 1.82) is 0 Å². The molecule has 0 radical (unpaired) electrons. The first-order valence-electron chi connectivity index (χ1n) is 4.70. The summed E-state index contributed by atoms with van der Waals surface area (Å²) in [5, 5.41) is 8.08. The van der Waals surface area contributed by atoms with Gasteiger partial charge >= 0.3 is 0 Å². The lowest BCUT2D eigenvalue weighted by atomic mass is 10.2. The minimum absolute atomic E-state index is 0.0666. The van der Waals surface area contributed by atoms with Crippen LogP contribution in [0.3, 0.4) is 0 Å². The Bertz CT molecular complexity index is 419. The molecule has 1 fully saturated rings. The monoisotopic (exact) mass is 246 g/mol. The lowest BCUT2D eigenvalue weighted by Crippen LogP contribution is -1.96. The third kappa shape index (κ3) is 4.71. The molecule has 5 nitrogen and oxygen atoms in total. The maximum Gasteiger partial charge on any atom is 0.294 e. The maximum absolute atomic E-state index is 10.5. The SMILES string of the molecule is Cc1ccc(S(=O)(=O)O)cc1.OC[C@@H]1CO1. The fraction of sp³-hybridized carbons (Fsp3) is 0.400. The number of epoxide rings is 1. The molecule has 90 valence electrons. The first kappa shape index (κ1) is 13.1. The minimum Gasteiger partial charge on any atom is -0.394 e. The van der Waals surface area contributed by atoms with Crippen molar-refractivity contribution in [2.45, 2.75) is 17.9 Å². The first-order valence-corrected chi connectivity index (χ1v) is 6.14. The van der Waals surface area contributed by atoms with E-state index in [4.69, 9.17) is 9.66 Å². The number of aliphatic hydroxyl groups excluding tert-OH is 1. The average molecular weight is 246 g/mol. The van der Waals surface area contributed by atoms with Crippen LogP contribution in [0.25, 0.3) is 0 Å². The van der Waals surface area contributed by atoms with E-state index in [1.807, 2.05) is 6.92 Å². The second-order valence-electron chi connectivity index (χ2n) is 3.43. The lowest BCUT2D eigenvalue weighted by molar-refractivity contribution is 0.244. The van der Waals surface area contributed by atoms with Gasteiger partial charge in [0.15, 0.2) is 0 Å². The summed E-state index contributed by atoms with van der Waals surface area (Å²) < 4.78 is 34.2. The second kappa shape index (κ2) is 5.40. The van der Waals surface area contributed by atoms with E-state index in [0.717, 1.165) is 12.2 Å². The van der Waals surface area contributed by atoms with Crippen LogP contribution in [-0.2, 0) is 14.9 Å². The summed E-state index contributed by atoms with van der Waals surface area (Å²) >= 11 is 0. The second-order valence-corrected chi connectivity index (χ2v) is 4.85. The number of aryl methyl sites for hydroxylation is 1. The Labute approximate surface area is 94.4 Å². The van der Waals surface area contributed by atoms with Gasteiger partial charge in [-0.05, 0) is 19.1 Å². The molecular formula is C10H14O5S. The fourth-order valence-corrected chi connectivity index (χ4v) is 1.36. The Morgan fingerprint density at radius 2 is 1.88 bits per heavy atom. The van der Waals surface area contributed by atoms with E-state index >= 15 is 0 Å². The number of benzene rings is 1. The number of rotatable bonds is 2. The highest BCUT2D eigenvalue weighted by atomic mass is 32.2. The maximum atomic E-state index is 10.5. The molecule has 0 amide bonds. The van der Waals surface area contributed by atoms with Crippen molar-refractivity contribution >= 4 is 10.1 Å². The lowest BCUT2D eigenvalue weighted by Gasteiger charge is -1.95. The molecule has 1 atom stereocenters. The molecule has 6 heteroatoms. The molecule has 0 spiro atoms. The van der Waals surface area contributed by atoms with E-state index in [1.54, 1.807) is 12.1 Å². The molecule has 0 bridgehead atoms. The number of aliphatic hydroxyl groups is 1. The van der Waals surface area contributed by atoms with Crippen LogP contribution in [0.2, 0.25) is 0 Å². The van der Waals surface area contributed by atoms with Crippen LogP contribution < -0.4 is 0 Å². The van der Waals surface area contributed by atoms with Gasteiger partial charge in [-0.3, -0.25) is 4.55 Å². The Kier molecular flexibility index (Phi) is 4.43. The van der Waals surface area contributed by atoms with Gasteiger partial charge in [-0.2, -0.15) is 8.42 Å². The third-order valence-electron chi connectivity index (χ3n) is 1.92. The molecule has 1 aromatic rings. The van der Waals surface area contributed by atoms with Crippen LogP contribution in [0.1, 0.15) is 5.56 Å². The molecule has 1 aliphatic heterocycles. The zero-order valence-corrected chi connectivity index (χ0v) is 9.64. The first-order chi connectivity index (χ1) is 7.43. The average Bonchev–Trinajstić information content (AvgIpc) is 3.01. The van der Waals surface area contributed by atoms with Gasteiger partial charge in [0, 0.05) is 0 Å². The molecule has 0 saturated carbocycles. The zero-order valence-electron chi connectivity index (χ0n) is 8.83. The molecule has 1 aliphatic rings. The summed E-state index contributed by atoms with van der Waals surface area (Å²) in [4.78, 5) is -0.0666. The van der Waals surface area contributed by atoms with Gasteiger partial charge in [-0.25, -0.2) is 0 Å². The van der Waals surface area contributed by atoms with Gasteiger partial charge in [0.1, 0.15) is 6.10 Å². The van der Waals surface area contributed by atoms with Crippen LogP contribution in [0.15, 0.2) is 29.2 Å². The molecule has 0 aliphatic carbocycles. The molecule has 1 heterocycles. The quantitative estimate of drug-likeness (QED) is 0.590. The smallest absolute Gasteiger partial charge is 0.294 e. The molecule has 16 heavy (non-hydrogen) atoms. The summed E-state index contributed by atoms with van der Waals surface area (Å²) in [5.74, 6) is 0. The molecule has 0 aromatic heterocycles. The predicted octanol–water partition coefficient (Wildman–Crippen LogP) is 0.619. The Morgan fingerprint density at radius 3 is 2.12 bits per heavy atom. The van der Waals surface area contributed by atoms with Gasteiger partial charge in [0.2, 0.25) is 0 Å². The fourth-order valence-electron chi connectivity index (χ4n) is 0.884. The van der Waals surface area contributed by atoms with E-state index in [1.165, 1.54) is 12.1 Å². The summed E-state index contributed by atoms with van der Waals surface area (Å²) in [6, 6.07) is 5.99. The minimum atomic E-state index is -4.02. The van der Waals surface area contributed by atoms with Crippen LogP contribution >= 0.6 is 0 Å². The van der Waals surface area contributed by atoms with Crippen molar-refractivity contribution in [2.24, 2.45) is 0 Å². The van der Waals surface area contributed by atoms with Crippen LogP contribution in [0.4, 0.5) is 0 Å². The van der Waals surface area contributed by atoms with Crippen LogP contribution in [0.5, 0.6) is 0 Å². The van der Waals surface area contributed by atoms with Crippen molar-refractivity contribution in [3.05, 3.63) is 29.8 Å². The summed E-state index contributed by atoms with van der Waals surface area (Å²) in [5.41, 5.74) is 0.956. The van der Waals surface area contributed by atoms with Crippen molar-refractivity contribution in [1.82, 2.24) is 0 Å². The standard InChI is InChI=1S/C7H8O3S.C3H6O2/c1-6-2-4-7(5-3-6)11(8,9)10;4-1-3-2-5-3/h2-5H,1H3,(H,8,9,10);3-4H,1-2H2/t;3-/m.1/s1.